The van der Waals surface area contributed by atoms with Crippen molar-refractivity contribution in [3.8, 4) is 11.5 Å². The van der Waals surface area contributed by atoms with Gasteiger partial charge < -0.3 is 9.47 Å². The van der Waals surface area contributed by atoms with Crippen LogP contribution < -0.4 is 14.4 Å². The maximum atomic E-state index is 13.8. The molecule has 4 rings (SSSR count). The second-order valence-corrected chi connectivity index (χ2v) is 10.3. The first-order valence-corrected chi connectivity index (χ1v) is 13.1. The van der Waals surface area contributed by atoms with Crippen molar-refractivity contribution in [3.05, 3.63) is 83.4 Å². The van der Waals surface area contributed by atoms with Gasteiger partial charge in [0.2, 0.25) is 15.9 Å². The first-order valence-electron chi connectivity index (χ1n) is 11.2. The summed E-state index contributed by atoms with van der Waals surface area (Å²) >= 11 is 6.33. The van der Waals surface area contributed by atoms with Gasteiger partial charge in [-0.15, -0.1) is 0 Å². The molecule has 0 saturated carbocycles. The Balaban J connectivity index is 1.72. The third-order valence-corrected chi connectivity index (χ3v) is 8.06. The molecule has 1 unspecified atom stereocenters. The summed E-state index contributed by atoms with van der Waals surface area (Å²) in [6, 6.07) is 17.9. The van der Waals surface area contributed by atoms with Crippen molar-refractivity contribution in [2.75, 3.05) is 18.6 Å². The topological polar surface area (TPSA) is 93.2 Å². The molecular weight excluding hydrogens is 504 g/mol. The van der Waals surface area contributed by atoms with Crippen LogP contribution in [-0.2, 0) is 26.2 Å². The Hall–Kier alpha value is -3.40. The van der Waals surface area contributed by atoms with Gasteiger partial charge in [-0.3, -0.25) is 9.59 Å². The average Bonchev–Trinajstić information content (AvgIpc) is 3.17. The second-order valence-electron chi connectivity index (χ2n) is 8.03. The molecule has 10 heteroatoms. The summed E-state index contributed by atoms with van der Waals surface area (Å²) in [4.78, 5) is 27.5. The van der Waals surface area contributed by atoms with Crippen molar-refractivity contribution in [3.63, 3.8) is 0 Å². The Kier molecular flexibility index (Phi) is 7.63. The highest BCUT2D eigenvalue weighted by Crippen LogP contribution is 2.32. The van der Waals surface area contributed by atoms with Crippen molar-refractivity contribution in [1.29, 1.82) is 0 Å². The minimum absolute atomic E-state index is 0.0323. The number of carbonyl (C=O) groups is 2. The molecule has 2 amide bonds. The number of hydrogen-bond donors (Lipinski definition) is 0. The van der Waals surface area contributed by atoms with E-state index in [1.807, 2.05) is 6.92 Å². The molecule has 188 valence electrons. The largest absolute Gasteiger partial charge is 0.497 e. The summed E-state index contributed by atoms with van der Waals surface area (Å²) in [5, 5.41) is 0.354. The molecular formula is C26H25ClN2O6S. The molecule has 0 aromatic heterocycles. The molecule has 1 aliphatic rings. The Morgan fingerprint density at radius 2 is 1.61 bits per heavy atom. The highest BCUT2D eigenvalue weighted by Gasteiger charge is 2.47. The van der Waals surface area contributed by atoms with E-state index in [1.54, 1.807) is 48.5 Å². The van der Waals surface area contributed by atoms with Crippen LogP contribution in [0, 0.1) is 0 Å². The smallest absolute Gasteiger partial charge is 0.252 e. The maximum absolute atomic E-state index is 13.8. The lowest BCUT2D eigenvalue weighted by molar-refractivity contribution is -0.122. The number of amides is 2. The summed E-state index contributed by atoms with van der Waals surface area (Å²) in [5.74, 6) is -0.0451. The first-order chi connectivity index (χ1) is 17.3. The summed E-state index contributed by atoms with van der Waals surface area (Å²) < 4.78 is 39.2. The third-order valence-electron chi connectivity index (χ3n) is 5.83. The highest BCUT2D eigenvalue weighted by molar-refractivity contribution is 7.89. The molecule has 36 heavy (non-hydrogen) atoms. The van der Waals surface area contributed by atoms with Crippen molar-refractivity contribution in [2.24, 2.45) is 0 Å². The second kappa shape index (κ2) is 10.7. The zero-order valence-corrected chi connectivity index (χ0v) is 21.3. The molecule has 0 radical (unpaired) electrons. The van der Waals surface area contributed by atoms with Crippen LogP contribution in [0.15, 0.2) is 77.7 Å². The van der Waals surface area contributed by atoms with Crippen molar-refractivity contribution >= 4 is 39.1 Å². The molecule has 1 heterocycles. The number of benzene rings is 3. The lowest BCUT2D eigenvalue weighted by atomic mass is 10.2. The third kappa shape index (κ3) is 5.09. The van der Waals surface area contributed by atoms with E-state index in [9.17, 15) is 18.0 Å². The molecule has 1 saturated heterocycles. The normalized spacial score (nSPS) is 16.0. The number of anilines is 1. The number of hydrogen-bond acceptors (Lipinski definition) is 6. The van der Waals surface area contributed by atoms with Gasteiger partial charge in [-0.05, 0) is 67.1 Å². The van der Waals surface area contributed by atoms with Gasteiger partial charge in [0.15, 0.2) is 0 Å². The van der Waals surface area contributed by atoms with E-state index in [0.29, 0.717) is 34.4 Å². The Morgan fingerprint density at radius 3 is 2.22 bits per heavy atom. The first kappa shape index (κ1) is 25.7. The monoisotopic (exact) mass is 528 g/mol. The Bertz CT molecular complexity index is 1360. The van der Waals surface area contributed by atoms with Crippen LogP contribution in [0.1, 0.15) is 18.9 Å². The van der Waals surface area contributed by atoms with Crippen LogP contribution in [0.5, 0.6) is 11.5 Å². The van der Waals surface area contributed by atoms with Crippen LogP contribution in [0.2, 0.25) is 5.02 Å². The van der Waals surface area contributed by atoms with Crippen LogP contribution in [-0.4, -0.2) is 44.3 Å². The average molecular weight is 529 g/mol. The van der Waals surface area contributed by atoms with Gasteiger partial charge in [-0.25, -0.2) is 13.3 Å². The lowest BCUT2D eigenvalue weighted by Gasteiger charge is -2.27. The van der Waals surface area contributed by atoms with E-state index in [4.69, 9.17) is 21.1 Å². The predicted molar refractivity (Wildman–Crippen MR) is 136 cm³/mol. The predicted octanol–water partition coefficient (Wildman–Crippen LogP) is 4.27. The zero-order valence-electron chi connectivity index (χ0n) is 19.8. The highest BCUT2D eigenvalue weighted by atomic mass is 35.5. The van der Waals surface area contributed by atoms with Gasteiger partial charge in [0, 0.05) is 11.6 Å². The molecule has 1 atom stereocenters. The standard InChI is InChI=1S/C26H25ClN2O6S/c1-3-35-21-10-8-19(9-11-21)29-25(30)16-24(26(29)31)28(17-18-6-4-5-7-23(18)27)36(32,33)22-14-12-20(34-2)13-15-22/h4-15,24H,3,16-17H2,1-2H3. The van der Waals surface area contributed by atoms with Gasteiger partial charge in [0.25, 0.3) is 5.91 Å². The number of carbonyl (C=O) groups excluding carboxylic acids is 2. The number of ether oxygens (including phenoxy) is 2. The van der Waals surface area contributed by atoms with Gasteiger partial charge in [-0.2, -0.15) is 4.31 Å². The summed E-state index contributed by atoms with van der Waals surface area (Å²) in [6.45, 7) is 2.14. The fourth-order valence-corrected chi connectivity index (χ4v) is 5.77. The number of halogens is 1. The lowest BCUT2D eigenvalue weighted by Crippen LogP contribution is -2.45. The number of methoxy groups -OCH3 is 1. The van der Waals surface area contributed by atoms with E-state index in [1.165, 1.54) is 31.4 Å². The van der Waals surface area contributed by atoms with Crippen LogP contribution >= 0.6 is 11.6 Å². The molecule has 8 nitrogen and oxygen atoms in total. The minimum atomic E-state index is -4.20. The van der Waals surface area contributed by atoms with Crippen molar-refractivity contribution in [1.82, 2.24) is 4.31 Å². The van der Waals surface area contributed by atoms with Crippen LogP contribution in [0.4, 0.5) is 5.69 Å². The van der Waals surface area contributed by atoms with Crippen LogP contribution in [0.25, 0.3) is 0 Å². The van der Waals surface area contributed by atoms with Gasteiger partial charge in [-0.1, -0.05) is 29.8 Å². The van der Waals surface area contributed by atoms with E-state index in [2.05, 4.69) is 0 Å². The maximum Gasteiger partial charge on any atom is 0.252 e. The summed E-state index contributed by atoms with van der Waals surface area (Å²) in [7, 11) is -2.72. The number of imide groups is 1. The van der Waals surface area contributed by atoms with E-state index in [0.717, 1.165) is 9.21 Å². The zero-order chi connectivity index (χ0) is 25.9. The minimum Gasteiger partial charge on any atom is -0.497 e. The van der Waals surface area contributed by atoms with E-state index in [-0.39, 0.29) is 17.9 Å². The molecule has 0 spiro atoms. The molecule has 1 fully saturated rings. The van der Waals surface area contributed by atoms with E-state index >= 15 is 0 Å². The number of sulfonamides is 1. The number of rotatable bonds is 9. The molecule has 1 aliphatic heterocycles. The molecule has 0 aliphatic carbocycles. The van der Waals surface area contributed by atoms with E-state index < -0.39 is 27.9 Å². The molecule has 3 aromatic rings. The summed E-state index contributed by atoms with van der Waals surface area (Å²) in [6.07, 6.45) is -0.300. The van der Waals surface area contributed by atoms with Crippen LogP contribution in [0.3, 0.4) is 0 Å². The SMILES string of the molecule is CCOc1ccc(N2C(=O)CC(N(Cc3ccccc3Cl)S(=O)(=O)c3ccc(OC)cc3)C2=O)cc1. The molecule has 3 aromatic carbocycles. The summed E-state index contributed by atoms with van der Waals surface area (Å²) in [5.41, 5.74) is 0.853. The van der Waals surface area contributed by atoms with Crippen molar-refractivity contribution < 1.29 is 27.5 Å². The van der Waals surface area contributed by atoms with Gasteiger partial charge >= 0.3 is 0 Å². The fourth-order valence-electron chi connectivity index (χ4n) is 4.01. The fraction of sp³-hybridized carbons (Fsp3) is 0.231. The van der Waals surface area contributed by atoms with Crippen molar-refractivity contribution in [2.45, 2.75) is 30.8 Å². The molecule has 0 N–H and O–H groups in total. The Morgan fingerprint density at radius 1 is 0.972 bits per heavy atom. The quantitative estimate of drug-likeness (QED) is 0.385. The van der Waals surface area contributed by atoms with Gasteiger partial charge in [0.1, 0.15) is 17.5 Å². The molecule has 0 bridgehead atoms. The van der Waals surface area contributed by atoms with Gasteiger partial charge in [0.05, 0.1) is 30.7 Å². The number of nitrogens with zero attached hydrogens (tertiary/aromatic N) is 2. The Labute approximate surface area is 215 Å².